The molecule has 0 heterocycles. The Bertz CT molecular complexity index is 631. The molecule has 0 aromatic heterocycles. The van der Waals surface area contributed by atoms with Crippen molar-refractivity contribution < 1.29 is 4.74 Å². The van der Waals surface area contributed by atoms with Crippen molar-refractivity contribution in [2.75, 3.05) is 6.54 Å². The monoisotopic (exact) mass is 280 g/mol. The average Bonchev–Trinajstić information content (AvgIpc) is 2.54. The van der Waals surface area contributed by atoms with Gasteiger partial charge in [0.2, 0.25) is 0 Å². The van der Waals surface area contributed by atoms with E-state index in [0.29, 0.717) is 11.3 Å². The van der Waals surface area contributed by atoms with Crippen LogP contribution in [0.25, 0.3) is 0 Å². The van der Waals surface area contributed by atoms with Crippen molar-refractivity contribution in [1.29, 1.82) is 5.26 Å². The van der Waals surface area contributed by atoms with Crippen LogP contribution in [0.5, 0.6) is 11.5 Å². The molecule has 1 N–H and O–H groups in total. The van der Waals surface area contributed by atoms with Gasteiger partial charge in [0.1, 0.15) is 17.6 Å². The molecule has 3 heteroatoms. The molecule has 0 amide bonds. The van der Waals surface area contributed by atoms with Gasteiger partial charge in [-0.25, -0.2) is 0 Å². The topological polar surface area (TPSA) is 45.0 Å². The summed E-state index contributed by atoms with van der Waals surface area (Å²) < 4.78 is 6.00. The third-order valence-electron chi connectivity index (χ3n) is 3.38. The van der Waals surface area contributed by atoms with Crippen molar-refractivity contribution in [2.24, 2.45) is 0 Å². The molecule has 0 saturated carbocycles. The van der Waals surface area contributed by atoms with Crippen LogP contribution in [0.15, 0.2) is 48.5 Å². The minimum atomic E-state index is 0.250. The maximum atomic E-state index is 9.16. The average molecular weight is 280 g/mol. The number of nitrogens with one attached hydrogen (secondary N) is 1. The maximum Gasteiger partial charge on any atom is 0.145 e. The summed E-state index contributed by atoms with van der Waals surface area (Å²) >= 11 is 0. The first kappa shape index (κ1) is 15.1. The molecular weight excluding hydrogens is 260 g/mol. The van der Waals surface area contributed by atoms with E-state index in [2.05, 4.69) is 31.3 Å². The van der Waals surface area contributed by atoms with Crippen molar-refractivity contribution in [3.8, 4) is 17.6 Å². The highest BCUT2D eigenvalue weighted by Gasteiger charge is 2.14. The predicted molar refractivity (Wildman–Crippen MR) is 84.4 cm³/mol. The highest BCUT2D eigenvalue weighted by Crippen LogP contribution is 2.32. The molecule has 108 valence electrons. The van der Waals surface area contributed by atoms with Crippen LogP contribution in [0.1, 0.15) is 37.4 Å². The van der Waals surface area contributed by atoms with Crippen LogP contribution in [-0.2, 0) is 0 Å². The first-order chi connectivity index (χ1) is 10.3. The first-order valence-electron chi connectivity index (χ1n) is 7.29. The number of ether oxygens (including phenoxy) is 1. The van der Waals surface area contributed by atoms with E-state index in [1.807, 2.05) is 36.4 Å². The van der Waals surface area contributed by atoms with Gasteiger partial charge >= 0.3 is 0 Å². The van der Waals surface area contributed by atoms with Crippen molar-refractivity contribution in [1.82, 2.24) is 5.32 Å². The van der Waals surface area contributed by atoms with Gasteiger partial charge in [-0.1, -0.05) is 44.2 Å². The van der Waals surface area contributed by atoms with E-state index >= 15 is 0 Å². The van der Waals surface area contributed by atoms with Gasteiger partial charge in [-0.3, -0.25) is 0 Å². The Hall–Kier alpha value is -2.31. The van der Waals surface area contributed by atoms with Crippen LogP contribution in [0.3, 0.4) is 0 Å². The molecule has 21 heavy (non-hydrogen) atoms. The summed E-state index contributed by atoms with van der Waals surface area (Å²) in [5.74, 6) is 1.40. The van der Waals surface area contributed by atoms with E-state index in [0.717, 1.165) is 24.3 Å². The minimum Gasteiger partial charge on any atom is -0.456 e. The summed E-state index contributed by atoms with van der Waals surface area (Å²) in [7, 11) is 0. The fourth-order valence-corrected chi connectivity index (χ4v) is 2.35. The van der Waals surface area contributed by atoms with Gasteiger partial charge in [0.25, 0.3) is 0 Å². The molecular formula is C18H20N2O. The van der Waals surface area contributed by atoms with E-state index in [4.69, 9.17) is 10.00 Å². The zero-order valence-electron chi connectivity index (χ0n) is 12.5. The number of para-hydroxylation sites is 2. The van der Waals surface area contributed by atoms with Gasteiger partial charge in [0.05, 0.1) is 5.56 Å². The quantitative estimate of drug-likeness (QED) is 0.852. The number of hydrogen-bond acceptors (Lipinski definition) is 3. The van der Waals surface area contributed by atoms with Gasteiger partial charge < -0.3 is 10.1 Å². The molecule has 0 bridgehead atoms. The van der Waals surface area contributed by atoms with Crippen LogP contribution < -0.4 is 10.1 Å². The molecule has 0 spiro atoms. The highest BCUT2D eigenvalue weighted by molar-refractivity contribution is 5.47. The number of rotatable bonds is 6. The molecule has 2 aromatic rings. The number of nitrogens with zero attached hydrogens (tertiary/aromatic N) is 1. The Kier molecular flexibility index (Phi) is 5.36. The van der Waals surface area contributed by atoms with E-state index in [1.54, 1.807) is 6.07 Å². The van der Waals surface area contributed by atoms with Gasteiger partial charge in [-0.15, -0.1) is 0 Å². The lowest BCUT2D eigenvalue weighted by Gasteiger charge is -2.20. The Labute approximate surface area is 126 Å². The summed E-state index contributed by atoms with van der Waals surface area (Å²) in [6.45, 7) is 5.14. The van der Waals surface area contributed by atoms with Gasteiger partial charge in [0, 0.05) is 11.6 Å². The normalized spacial score (nSPS) is 11.7. The number of nitriles is 1. The van der Waals surface area contributed by atoms with Gasteiger partial charge in [-0.2, -0.15) is 5.26 Å². The third-order valence-corrected chi connectivity index (χ3v) is 3.38. The first-order valence-corrected chi connectivity index (χ1v) is 7.29. The van der Waals surface area contributed by atoms with Gasteiger partial charge in [0.15, 0.2) is 0 Å². The summed E-state index contributed by atoms with van der Waals surface area (Å²) in [6, 6.07) is 17.7. The van der Waals surface area contributed by atoms with Crippen molar-refractivity contribution in [3.63, 3.8) is 0 Å². The second-order valence-electron chi connectivity index (χ2n) is 4.77. The van der Waals surface area contributed by atoms with Crippen LogP contribution in [-0.4, -0.2) is 6.54 Å². The Balaban J connectivity index is 2.34. The molecule has 1 unspecified atom stereocenters. The molecule has 0 aliphatic rings. The molecule has 0 saturated heterocycles. The molecule has 2 aromatic carbocycles. The molecule has 0 aliphatic carbocycles. The largest absolute Gasteiger partial charge is 0.456 e. The second-order valence-corrected chi connectivity index (χ2v) is 4.77. The second kappa shape index (κ2) is 7.47. The zero-order valence-corrected chi connectivity index (χ0v) is 12.5. The highest BCUT2D eigenvalue weighted by atomic mass is 16.5. The standard InChI is InChI=1S/C18H20N2O/c1-3-16(20-4-2)15-10-6-8-12-18(15)21-17-11-7-5-9-14(17)13-19/h5-12,16,20H,3-4H2,1-2H3. The Morgan fingerprint density at radius 2 is 1.71 bits per heavy atom. The van der Waals surface area contributed by atoms with Crippen LogP contribution >= 0.6 is 0 Å². The lowest BCUT2D eigenvalue weighted by Crippen LogP contribution is -2.20. The summed E-state index contributed by atoms with van der Waals surface area (Å²) in [4.78, 5) is 0. The molecule has 0 radical (unpaired) electrons. The Morgan fingerprint density at radius 1 is 1.05 bits per heavy atom. The summed E-state index contributed by atoms with van der Waals surface area (Å²) in [5.41, 5.74) is 1.67. The maximum absolute atomic E-state index is 9.16. The van der Waals surface area contributed by atoms with Crippen LogP contribution in [0.2, 0.25) is 0 Å². The zero-order chi connectivity index (χ0) is 15.1. The summed E-state index contributed by atoms with van der Waals surface area (Å²) in [5, 5.41) is 12.6. The number of hydrogen-bond donors (Lipinski definition) is 1. The van der Waals surface area contributed by atoms with E-state index < -0.39 is 0 Å². The van der Waals surface area contributed by atoms with Crippen molar-refractivity contribution in [2.45, 2.75) is 26.3 Å². The fourth-order valence-electron chi connectivity index (χ4n) is 2.35. The number of benzene rings is 2. The third kappa shape index (κ3) is 3.62. The molecule has 2 rings (SSSR count). The minimum absolute atomic E-state index is 0.250. The Morgan fingerprint density at radius 3 is 2.38 bits per heavy atom. The van der Waals surface area contributed by atoms with E-state index in [-0.39, 0.29) is 6.04 Å². The molecule has 0 aliphatic heterocycles. The SMILES string of the molecule is CCNC(CC)c1ccccc1Oc1ccccc1C#N. The van der Waals surface area contributed by atoms with E-state index in [1.165, 1.54) is 0 Å². The van der Waals surface area contributed by atoms with Crippen LogP contribution in [0.4, 0.5) is 0 Å². The van der Waals surface area contributed by atoms with Gasteiger partial charge in [-0.05, 0) is 31.2 Å². The lowest BCUT2D eigenvalue weighted by atomic mass is 10.0. The van der Waals surface area contributed by atoms with Crippen molar-refractivity contribution >= 4 is 0 Å². The summed E-state index contributed by atoms with van der Waals surface area (Å²) in [6.07, 6.45) is 0.980. The smallest absolute Gasteiger partial charge is 0.145 e. The van der Waals surface area contributed by atoms with E-state index in [9.17, 15) is 0 Å². The van der Waals surface area contributed by atoms with Crippen LogP contribution in [0, 0.1) is 11.3 Å². The molecule has 3 nitrogen and oxygen atoms in total. The lowest BCUT2D eigenvalue weighted by molar-refractivity contribution is 0.452. The molecule has 0 fully saturated rings. The molecule has 1 atom stereocenters. The predicted octanol–water partition coefficient (Wildman–Crippen LogP) is 4.41. The fraction of sp³-hybridized carbons (Fsp3) is 0.278. The van der Waals surface area contributed by atoms with Crippen molar-refractivity contribution in [3.05, 3.63) is 59.7 Å².